The van der Waals surface area contributed by atoms with Crippen LogP contribution in [0.2, 0.25) is 0 Å². The SMILES string of the molecule is CCCNC(c1ccc(OC)c2ccccc12)C(F)F. The number of nitrogens with one attached hydrogen (secondary N) is 1. The number of fused-ring (bicyclic) bond motifs is 1. The Labute approximate surface area is 117 Å². The first-order valence-corrected chi connectivity index (χ1v) is 6.76. The Morgan fingerprint density at radius 3 is 2.40 bits per heavy atom. The molecule has 0 bridgehead atoms. The van der Waals surface area contributed by atoms with E-state index in [1.165, 1.54) is 0 Å². The summed E-state index contributed by atoms with van der Waals surface area (Å²) in [6.07, 6.45) is -1.63. The molecule has 1 atom stereocenters. The molecule has 0 saturated carbocycles. The highest BCUT2D eigenvalue weighted by atomic mass is 19.3. The van der Waals surface area contributed by atoms with Gasteiger partial charge in [0.1, 0.15) is 5.75 Å². The van der Waals surface area contributed by atoms with Crippen LogP contribution in [0, 0.1) is 0 Å². The van der Waals surface area contributed by atoms with Crippen molar-refractivity contribution < 1.29 is 13.5 Å². The maximum Gasteiger partial charge on any atom is 0.257 e. The minimum Gasteiger partial charge on any atom is -0.496 e. The Morgan fingerprint density at radius 2 is 1.80 bits per heavy atom. The normalized spacial score (nSPS) is 12.8. The van der Waals surface area contributed by atoms with Crippen molar-refractivity contribution in [2.24, 2.45) is 0 Å². The van der Waals surface area contributed by atoms with E-state index in [2.05, 4.69) is 5.32 Å². The number of hydrogen-bond acceptors (Lipinski definition) is 2. The molecular formula is C16H19F2NO. The van der Waals surface area contributed by atoms with Crippen molar-refractivity contribution in [1.29, 1.82) is 0 Å². The molecule has 0 spiro atoms. The second kappa shape index (κ2) is 6.66. The van der Waals surface area contributed by atoms with E-state index in [1.807, 2.05) is 31.2 Å². The van der Waals surface area contributed by atoms with Gasteiger partial charge in [-0.1, -0.05) is 37.3 Å². The molecule has 2 aromatic carbocycles. The van der Waals surface area contributed by atoms with Crippen LogP contribution < -0.4 is 10.1 Å². The maximum atomic E-state index is 13.3. The highest BCUT2D eigenvalue weighted by Crippen LogP contribution is 2.33. The first-order chi connectivity index (χ1) is 9.69. The summed E-state index contributed by atoms with van der Waals surface area (Å²) in [7, 11) is 1.58. The van der Waals surface area contributed by atoms with Gasteiger partial charge in [0.25, 0.3) is 6.43 Å². The molecule has 0 heterocycles. The Hall–Kier alpha value is -1.68. The number of benzene rings is 2. The van der Waals surface area contributed by atoms with E-state index in [1.54, 1.807) is 19.2 Å². The van der Waals surface area contributed by atoms with Crippen molar-refractivity contribution in [3.63, 3.8) is 0 Å². The Kier molecular flexibility index (Phi) is 4.90. The van der Waals surface area contributed by atoms with Gasteiger partial charge in [0.2, 0.25) is 0 Å². The Bertz CT molecular complexity index is 571. The fraction of sp³-hybridized carbons (Fsp3) is 0.375. The van der Waals surface area contributed by atoms with Gasteiger partial charge < -0.3 is 10.1 Å². The van der Waals surface area contributed by atoms with Crippen LogP contribution in [0.3, 0.4) is 0 Å². The summed E-state index contributed by atoms with van der Waals surface area (Å²) in [5.41, 5.74) is 0.616. The van der Waals surface area contributed by atoms with Crippen LogP contribution in [0.4, 0.5) is 8.78 Å². The minimum absolute atomic E-state index is 0.565. The molecular weight excluding hydrogens is 260 g/mol. The fourth-order valence-electron chi connectivity index (χ4n) is 2.38. The average Bonchev–Trinajstić information content (AvgIpc) is 2.47. The van der Waals surface area contributed by atoms with E-state index in [9.17, 15) is 8.78 Å². The number of rotatable bonds is 6. The lowest BCUT2D eigenvalue weighted by Crippen LogP contribution is -2.28. The molecule has 0 aliphatic rings. The van der Waals surface area contributed by atoms with Crippen LogP contribution in [0.1, 0.15) is 24.9 Å². The van der Waals surface area contributed by atoms with Gasteiger partial charge in [-0.25, -0.2) is 8.78 Å². The lowest BCUT2D eigenvalue weighted by molar-refractivity contribution is 0.0991. The molecule has 20 heavy (non-hydrogen) atoms. The van der Waals surface area contributed by atoms with E-state index in [0.29, 0.717) is 17.9 Å². The number of alkyl halides is 2. The quantitative estimate of drug-likeness (QED) is 0.857. The molecule has 2 rings (SSSR count). The summed E-state index contributed by atoms with van der Waals surface area (Å²) >= 11 is 0. The molecule has 0 amide bonds. The fourth-order valence-corrected chi connectivity index (χ4v) is 2.38. The third-order valence-corrected chi connectivity index (χ3v) is 3.34. The molecule has 0 aliphatic carbocycles. The molecule has 0 fully saturated rings. The van der Waals surface area contributed by atoms with E-state index in [4.69, 9.17) is 4.74 Å². The molecule has 1 N–H and O–H groups in total. The predicted molar refractivity (Wildman–Crippen MR) is 77.5 cm³/mol. The standard InChI is InChI=1S/C16H19F2NO/c1-3-10-19-15(16(17)18)13-8-9-14(20-2)12-7-5-4-6-11(12)13/h4-9,15-16,19H,3,10H2,1-2H3. The van der Waals surface area contributed by atoms with Gasteiger partial charge in [-0.05, 0) is 30.0 Å². The first-order valence-electron chi connectivity index (χ1n) is 6.76. The summed E-state index contributed by atoms with van der Waals surface area (Å²) in [5, 5.41) is 4.59. The van der Waals surface area contributed by atoms with Crippen molar-refractivity contribution in [2.75, 3.05) is 13.7 Å². The van der Waals surface area contributed by atoms with Gasteiger partial charge in [0, 0.05) is 5.39 Å². The zero-order valence-electron chi connectivity index (χ0n) is 11.7. The van der Waals surface area contributed by atoms with Gasteiger partial charge in [-0.3, -0.25) is 0 Å². The highest BCUT2D eigenvalue weighted by Gasteiger charge is 2.23. The Balaban J connectivity index is 2.52. The molecule has 0 aromatic heterocycles. The lowest BCUT2D eigenvalue weighted by Gasteiger charge is -2.20. The van der Waals surface area contributed by atoms with Gasteiger partial charge in [-0.2, -0.15) is 0 Å². The van der Waals surface area contributed by atoms with E-state index < -0.39 is 12.5 Å². The van der Waals surface area contributed by atoms with Crippen LogP contribution in [0.15, 0.2) is 36.4 Å². The third kappa shape index (κ3) is 2.90. The molecule has 2 nitrogen and oxygen atoms in total. The van der Waals surface area contributed by atoms with Crippen molar-refractivity contribution in [2.45, 2.75) is 25.8 Å². The summed E-state index contributed by atoms with van der Waals surface area (Å²) in [5.74, 6) is 0.702. The van der Waals surface area contributed by atoms with Crippen molar-refractivity contribution in [3.8, 4) is 5.75 Å². The monoisotopic (exact) mass is 279 g/mol. The zero-order chi connectivity index (χ0) is 14.5. The topological polar surface area (TPSA) is 21.3 Å². The van der Waals surface area contributed by atoms with Gasteiger partial charge in [0.15, 0.2) is 0 Å². The molecule has 108 valence electrons. The van der Waals surface area contributed by atoms with E-state index >= 15 is 0 Å². The highest BCUT2D eigenvalue weighted by molar-refractivity contribution is 5.91. The molecule has 1 unspecified atom stereocenters. The van der Waals surface area contributed by atoms with Crippen molar-refractivity contribution in [1.82, 2.24) is 5.32 Å². The second-order valence-electron chi connectivity index (χ2n) is 4.67. The van der Waals surface area contributed by atoms with Crippen LogP contribution in [-0.2, 0) is 0 Å². The average molecular weight is 279 g/mol. The molecule has 0 aliphatic heterocycles. The van der Waals surface area contributed by atoms with Crippen molar-refractivity contribution in [3.05, 3.63) is 42.0 Å². The molecule has 0 radical (unpaired) electrons. The number of hydrogen-bond donors (Lipinski definition) is 1. The molecule has 2 aromatic rings. The summed E-state index contributed by atoms with van der Waals surface area (Å²) in [4.78, 5) is 0. The van der Waals surface area contributed by atoms with Crippen LogP contribution >= 0.6 is 0 Å². The second-order valence-corrected chi connectivity index (χ2v) is 4.67. The van der Waals surface area contributed by atoms with Gasteiger partial charge in [-0.15, -0.1) is 0 Å². The summed E-state index contributed by atoms with van der Waals surface area (Å²) in [6.45, 7) is 2.52. The van der Waals surface area contributed by atoms with Gasteiger partial charge >= 0.3 is 0 Å². The zero-order valence-corrected chi connectivity index (χ0v) is 11.7. The number of ether oxygens (including phenoxy) is 1. The first kappa shape index (κ1) is 14.7. The number of halogens is 2. The predicted octanol–water partition coefficient (Wildman–Crippen LogP) is 4.15. The lowest BCUT2D eigenvalue weighted by atomic mass is 9.98. The van der Waals surface area contributed by atoms with E-state index in [-0.39, 0.29) is 0 Å². The van der Waals surface area contributed by atoms with E-state index in [0.717, 1.165) is 17.2 Å². The van der Waals surface area contributed by atoms with Crippen LogP contribution in [-0.4, -0.2) is 20.1 Å². The third-order valence-electron chi connectivity index (χ3n) is 3.34. The van der Waals surface area contributed by atoms with Crippen LogP contribution in [0.5, 0.6) is 5.75 Å². The minimum atomic E-state index is -2.45. The van der Waals surface area contributed by atoms with Crippen LogP contribution in [0.25, 0.3) is 10.8 Å². The van der Waals surface area contributed by atoms with Gasteiger partial charge in [0.05, 0.1) is 13.2 Å². The number of methoxy groups -OCH3 is 1. The molecule has 0 saturated heterocycles. The Morgan fingerprint density at radius 1 is 1.10 bits per heavy atom. The smallest absolute Gasteiger partial charge is 0.257 e. The largest absolute Gasteiger partial charge is 0.496 e. The van der Waals surface area contributed by atoms with Crippen molar-refractivity contribution >= 4 is 10.8 Å². The summed E-state index contributed by atoms with van der Waals surface area (Å²) < 4.78 is 31.9. The molecule has 4 heteroatoms. The summed E-state index contributed by atoms with van der Waals surface area (Å²) in [6, 6.07) is 10.0. The maximum absolute atomic E-state index is 13.3.